The molecular weight excluding hydrogens is 204 g/mol. The van der Waals surface area contributed by atoms with Crippen molar-refractivity contribution in [3.8, 4) is 11.4 Å². The fourth-order valence-corrected chi connectivity index (χ4v) is 1.28. The Bertz CT molecular complexity index is 447. The maximum atomic E-state index is 8.68. The van der Waals surface area contributed by atoms with E-state index >= 15 is 0 Å². The van der Waals surface area contributed by atoms with Crippen molar-refractivity contribution in [2.75, 3.05) is 18.5 Å². The van der Waals surface area contributed by atoms with Crippen LogP contribution in [0.5, 0.6) is 0 Å². The minimum Gasteiger partial charge on any atom is -0.395 e. The number of aliphatic hydroxyl groups is 1. The largest absolute Gasteiger partial charge is 0.395 e. The minimum absolute atomic E-state index is 0.0480. The Hall–Kier alpha value is -2.01. The van der Waals surface area contributed by atoms with Crippen molar-refractivity contribution in [2.45, 2.75) is 0 Å². The third kappa shape index (κ3) is 2.52. The molecule has 0 fully saturated rings. The molecule has 0 spiro atoms. The highest BCUT2D eigenvalue weighted by Crippen LogP contribution is 2.13. The second-order valence-corrected chi connectivity index (χ2v) is 3.15. The highest BCUT2D eigenvalue weighted by Gasteiger charge is 2.01. The number of nitrogens with one attached hydrogen (secondary N) is 1. The number of aliphatic hydroxyl groups excluding tert-OH is 1. The second-order valence-electron chi connectivity index (χ2n) is 3.15. The van der Waals surface area contributed by atoms with Crippen molar-refractivity contribution in [2.24, 2.45) is 0 Å². The second kappa shape index (κ2) is 5.18. The summed E-state index contributed by atoms with van der Waals surface area (Å²) < 4.78 is 0. The third-order valence-corrected chi connectivity index (χ3v) is 2.00. The summed E-state index contributed by atoms with van der Waals surface area (Å²) in [7, 11) is 0. The molecule has 82 valence electrons. The summed E-state index contributed by atoms with van der Waals surface area (Å²) in [6.45, 7) is 0.477. The van der Waals surface area contributed by atoms with Gasteiger partial charge in [-0.25, -0.2) is 9.97 Å². The van der Waals surface area contributed by atoms with Gasteiger partial charge in [-0.15, -0.1) is 0 Å². The van der Waals surface area contributed by atoms with Crippen molar-refractivity contribution in [3.05, 3.63) is 36.7 Å². The molecule has 0 saturated carbocycles. The highest BCUT2D eigenvalue weighted by molar-refractivity contribution is 5.55. The van der Waals surface area contributed by atoms with Gasteiger partial charge >= 0.3 is 0 Å². The molecule has 2 aromatic rings. The first kappa shape index (κ1) is 10.5. The fourth-order valence-electron chi connectivity index (χ4n) is 1.28. The summed E-state index contributed by atoms with van der Waals surface area (Å²) in [4.78, 5) is 12.3. The van der Waals surface area contributed by atoms with Crippen LogP contribution in [0.25, 0.3) is 11.4 Å². The quantitative estimate of drug-likeness (QED) is 0.796. The first-order chi connectivity index (χ1) is 7.90. The monoisotopic (exact) mass is 216 g/mol. The summed E-state index contributed by atoms with van der Waals surface area (Å²) >= 11 is 0. The van der Waals surface area contributed by atoms with Gasteiger partial charge in [0.2, 0.25) is 5.95 Å². The van der Waals surface area contributed by atoms with Gasteiger partial charge in [0, 0.05) is 12.1 Å². The Kier molecular flexibility index (Phi) is 3.40. The first-order valence-electron chi connectivity index (χ1n) is 4.99. The summed E-state index contributed by atoms with van der Waals surface area (Å²) in [6, 6.07) is 9.67. The normalized spacial score (nSPS) is 10.1. The van der Waals surface area contributed by atoms with E-state index in [0.29, 0.717) is 18.3 Å². The maximum absolute atomic E-state index is 8.68. The van der Waals surface area contributed by atoms with E-state index in [-0.39, 0.29) is 6.61 Å². The van der Waals surface area contributed by atoms with E-state index < -0.39 is 0 Å². The number of nitrogens with zero attached hydrogens (tertiary/aromatic N) is 3. The molecule has 0 saturated heterocycles. The van der Waals surface area contributed by atoms with Crippen LogP contribution in [0.15, 0.2) is 36.7 Å². The summed E-state index contributed by atoms with van der Waals surface area (Å²) in [5.74, 6) is 1.10. The van der Waals surface area contributed by atoms with Crippen molar-refractivity contribution >= 4 is 5.95 Å². The first-order valence-corrected chi connectivity index (χ1v) is 4.99. The lowest BCUT2D eigenvalue weighted by Crippen LogP contribution is -2.09. The lowest BCUT2D eigenvalue weighted by Gasteiger charge is -2.03. The van der Waals surface area contributed by atoms with Crippen molar-refractivity contribution in [3.63, 3.8) is 0 Å². The topological polar surface area (TPSA) is 70.9 Å². The molecule has 0 bridgehead atoms. The van der Waals surface area contributed by atoms with E-state index in [1.807, 2.05) is 30.3 Å². The van der Waals surface area contributed by atoms with Crippen molar-refractivity contribution in [1.82, 2.24) is 15.0 Å². The Morgan fingerprint density at radius 2 is 1.94 bits per heavy atom. The zero-order chi connectivity index (χ0) is 11.2. The molecule has 0 aliphatic rings. The lowest BCUT2D eigenvalue weighted by molar-refractivity contribution is 0.311. The summed E-state index contributed by atoms with van der Waals surface area (Å²) in [5.41, 5.74) is 0.942. The van der Waals surface area contributed by atoms with Gasteiger partial charge in [0.1, 0.15) is 6.33 Å². The van der Waals surface area contributed by atoms with Gasteiger partial charge < -0.3 is 10.4 Å². The van der Waals surface area contributed by atoms with Gasteiger partial charge in [-0.3, -0.25) is 0 Å². The molecule has 2 N–H and O–H groups in total. The van der Waals surface area contributed by atoms with Crippen molar-refractivity contribution in [1.29, 1.82) is 0 Å². The Morgan fingerprint density at radius 1 is 1.12 bits per heavy atom. The van der Waals surface area contributed by atoms with Gasteiger partial charge in [0.15, 0.2) is 5.82 Å². The van der Waals surface area contributed by atoms with Crippen LogP contribution in [0, 0.1) is 0 Å². The van der Waals surface area contributed by atoms with Crippen LogP contribution >= 0.6 is 0 Å². The van der Waals surface area contributed by atoms with E-state index in [0.717, 1.165) is 5.56 Å². The molecule has 0 amide bonds. The summed E-state index contributed by atoms with van der Waals surface area (Å²) in [5, 5.41) is 11.6. The minimum atomic E-state index is 0.0480. The number of aromatic nitrogens is 3. The van der Waals surface area contributed by atoms with E-state index in [1.165, 1.54) is 6.33 Å². The molecule has 0 aliphatic heterocycles. The number of hydrogen-bond donors (Lipinski definition) is 2. The number of anilines is 1. The van der Waals surface area contributed by atoms with Crippen LogP contribution < -0.4 is 5.32 Å². The molecule has 0 aliphatic carbocycles. The predicted octanol–water partition coefficient (Wildman–Crippen LogP) is 0.943. The molecule has 1 heterocycles. The van der Waals surface area contributed by atoms with Gasteiger partial charge in [-0.2, -0.15) is 4.98 Å². The van der Waals surface area contributed by atoms with Crippen LogP contribution in [0.1, 0.15) is 0 Å². The molecule has 5 nitrogen and oxygen atoms in total. The zero-order valence-corrected chi connectivity index (χ0v) is 8.67. The van der Waals surface area contributed by atoms with E-state index in [1.54, 1.807) is 0 Å². The lowest BCUT2D eigenvalue weighted by atomic mass is 10.2. The van der Waals surface area contributed by atoms with E-state index in [4.69, 9.17) is 5.11 Å². The van der Waals surface area contributed by atoms with Crippen LogP contribution in [-0.4, -0.2) is 33.2 Å². The Morgan fingerprint density at radius 3 is 2.69 bits per heavy atom. The molecule has 5 heteroatoms. The smallest absolute Gasteiger partial charge is 0.226 e. The number of rotatable bonds is 4. The molecular formula is C11H12N4O. The molecule has 1 aromatic carbocycles. The van der Waals surface area contributed by atoms with E-state index in [2.05, 4.69) is 20.3 Å². The Balaban J connectivity index is 2.22. The zero-order valence-electron chi connectivity index (χ0n) is 8.67. The molecule has 1 aromatic heterocycles. The molecule has 0 radical (unpaired) electrons. The molecule has 2 rings (SSSR count). The van der Waals surface area contributed by atoms with Crippen LogP contribution in [-0.2, 0) is 0 Å². The number of benzene rings is 1. The van der Waals surface area contributed by atoms with Gasteiger partial charge in [0.05, 0.1) is 6.61 Å². The van der Waals surface area contributed by atoms with Gasteiger partial charge in [-0.05, 0) is 0 Å². The van der Waals surface area contributed by atoms with Gasteiger partial charge in [0.25, 0.3) is 0 Å². The van der Waals surface area contributed by atoms with Crippen LogP contribution in [0.3, 0.4) is 0 Å². The average Bonchev–Trinajstić information content (AvgIpc) is 2.38. The van der Waals surface area contributed by atoms with Crippen LogP contribution in [0.2, 0.25) is 0 Å². The molecule has 0 unspecified atom stereocenters. The number of hydrogen-bond acceptors (Lipinski definition) is 5. The van der Waals surface area contributed by atoms with Gasteiger partial charge in [-0.1, -0.05) is 30.3 Å². The maximum Gasteiger partial charge on any atom is 0.226 e. The highest BCUT2D eigenvalue weighted by atomic mass is 16.3. The Labute approximate surface area is 93.2 Å². The molecule has 16 heavy (non-hydrogen) atoms. The summed E-state index contributed by atoms with van der Waals surface area (Å²) in [6.07, 6.45) is 1.45. The standard InChI is InChI=1S/C11H12N4O/c16-7-6-12-11-14-8-13-10(15-11)9-4-2-1-3-5-9/h1-5,8,16H,6-7H2,(H,12,13,14,15). The fraction of sp³-hybridized carbons (Fsp3) is 0.182. The predicted molar refractivity (Wildman–Crippen MR) is 60.8 cm³/mol. The van der Waals surface area contributed by atoms with E-state index in [9.17, 15) is 0 Å². The molecule has 0 atom stereocenters. The van der Waals surface area contributed by atoms with Crippen LogP contribution in [0.4, 0.5) is 5.95 Å². The van der Waals surface area contributed by atoms with Crippen molar-refractivity contribution < 1.29 is 5.11 Å². The third-order valence-electron chi connectivity index (χ3n) is 2.00. The SMILES string of the molecule is OCCNc1ncnc(-c2ccccc2)n1. The average molecular weight is 216 g/mol.